The van der Waals surface area contributed by atoms with E-state index >= 15 is 0 Å². The van der Waals surface area contributed by atoms with Crippen LogP contribution in [0.1, 0.15) is 16.1 Å². The van der Waals surface area contributed by atoms with Crippen molar-refractivity contribution in [3.05, 3.63) is 54.5 Å². The Labute approximate surface area is 162 Å². The molecule has 0 aliphatic carbocycles. The molecule has 4 rings (SSSR count). The lowest BCUT2D eigenvalue weighted by Crippen LogP contribution is -2.11. The summed E-state index contributed by atoms with van der Waals surface area (Å²) in [5.74, 6) is -0.382. The van der Waals surface area contributed by atoms with Crippen molar-refractivity contribution in [2.45, 2.75) is 0 Å². The average molecular weight is 489 g/mol. The lowest BCUT2D eigenvalue weighted by Gasteiger charge is -1.99. The topological polar surface area (TPSA) is 65.5 Å². The molecule has 4 nitrogen and oxygen atoms in total. The highest BCUT2D eigenvalue weighted by Crippen LogP contribution is 2.41. The molecule has 8 heteroatoms. The van der Waals surface area contributed by atoms with Crippen LogP contribution in [0.3, 0.4) is 0 Å². The molecule has 0 bridgehead atoms. The Hall–Kier alpha value is -1.34. The molecule has 2 heterocycles. The number of carbonyl (C=O) groups excluding carboxylic acids is 1. The van der Waals surface area contributed by atoms with Gasteiger partial charge in [-0.1, -0.05) is 23.2 Å². The zero-order chi connectivity index (χ0) is 17.2. The summed E-state index contributed by atoms with van der Waals surface area (Å²) in [4.78, 5) is 20.1. The van der Waals surface area contributed by atoms with Gasteiger partial charge in [-0.2, -0.15) is 0 Å². The number of ketones is 1. The first kappa shape index (κ1) is 16.1. The third-order valence-electron chi connectivity index (χ3n) is 3.75. The largest absolute Gasteiger partial charge is 0.505 e. The van der Waals surface area contributed by atoms with Gasteiger partial charge in [0.15, 0.2) is 5.75 Å². The summed E-state index contributed by atoms with van der Waals surface area (Å²) in [5.41, 5.74) is 1.89. The van der Waals surface area contributed by atoms with Crippen LogP contribution in [0.5, 0.6) is 5.75 Å². The van der Waals surface area contributed by atoms with Gasteiger partial charge in [0.2, 0.25) is 5.78 Å². The van der Waals surface area contributed by atoms with Crippen LogP contribution in [-0.2, 0) is 0 Å². The fraction of sp³-hybridized carbons (Fsp3) is 0. The van der Waals surface area contributed by atoms with E-state index in [2.05, 4.69) is 41.8 Å². The van der Waals surface area contributed by atoms with Gasteiger partial charge in [0.25, 0.3) is 0 Å². The molecule has 1 aliphatic rings. The number of Topliss-reactive ketones (excluding diaryl/α,β-unsaturated/α-hetero) is 1. The second-order valence-electron chi connectivity index (χ2n) is 5.23. The number of nitrogens with zero attached hydrogens (tertiary/aromatic N) is 1. The number of aromatic amines is 1. The zero-order valence-electron chi connectivity index (χ0n) is 11.6. The van der Waals surface area contributed by atoms with Crippen LogP contribution in [0.15, 0.2) is 38.2 Å². The van der Waals surface area contributed by atoms with Gasteiger partial charge in [-0.25, -0.2) is 4.99 Å². The monoisotopic (exact) mass is 486 g/mol. The number of halogens is 4. The molecule has 2 N–H and O–H groups in total. The first-order valence-electron chi connectivity index (χ1n) is 6.69. The summed E-state index contributed by atoms with van der Waals surface area (Å²) < 4.78 is 1.30. The summed E-state index contributed by atoms with van der Waals surface area (Å²) in [7, 11) is 0. The minimum atomic E-state index is -0.308. The van der Waals surface area contributed by atoms with Gasteiger partial charge < -0.3 is 10.1 Å². The van der Waals surface area contributed by atoms with Crippen molar-refractivity contribution in [1.82, 2.24) is 4.98 Å². The van der Waals surface area contributed by atoms with E-state index < -0.39 is 0 Å². The average Bonchev–Trinajstić information content (AvgIpc) is 2.99. The molecule has 120 valence electrons. The summed E-state index contributed by atoms with van der Waals surface area (Å²) in [6.07, 6.45) is 0. The van der Waals surface area contributed by atoms with Gasteiger partial charge in [-0.05, 0) is 56.1 Å². The van der Waals surface area contributed by atoms with E-state index in [4.69, 9.17) is 23.2 Å². The smallest absolute Gasteiger partial charge is 0.215 e. The maximum absolute atomic E-state index is 12.7. The first-order valence-corrected chi connectivity index (χ1v) is 9.03. The van der Waals surface area contributed by atoms with Crippen molar-refractivity contribution in [3.63, 3.8) is 0 Å². The van der Waals surface area contributed by atoms with Gasteiger partial charge in [0.1, 0.15) is 11.4 Å². The number of fused-ring (bicyclic) bond motifs is 2. The van der Waals surface area contributed by atoms with E-state index in [-0.39, 0.29) is 22.9 Å². The predicted octanol–water partition coefficient (Wildman–Crippen LogP) is 6.02. The molecule has 0 atom stereocenters. The van der Waals surface area contributed by atoms with Crippen molar-refractivity contribution in [2.24, 2.45) is 4.99 Å². The lowest BCUT2D eigenvalue weighted by molar-refractivity contribution is 0.106. The van der Waals surface area contributed by atoms with Crippen LogP contribution in [0.4, 0.5) is 5.69 Å². The minimum absolute atomic E-state index is 0.0738. The first-order chi connectivity index (χ1) is 11.4. The second kappa shape index (κ2) is 5.59. The number of benzene rings is 2. The number of rotatable bonds is 1. The number of aromatic nitrogens is 1. The molecule has 0 saturated carbocycles. The maximum Gasteiger partial charge on any atom is 0.215 e. The standard InChI is InChI=1S/C16H6Br2Cl2N2O2/c17-9-3-5(19)1-7-11(9)21-13(15(7)23)14-16(24)8-2-6(20)4-10(18)12(8)22-14/h1-4,21,23H. The number of hydrogen-bond donors (Lipinski definition) is 2. The van der Waals surface area contributed by atoms with E-state index in [0.717, 1.165) is 0 Å². The lowest BCUT2D eigenvalue weighted by atomic mass is 10.1. The maximum atomic E-state index is 12.7. The van der Waals surface area contributed by atoms with E-state index in [1.807, 2.05) is 0 Å². The highest BCUT2D eigenvalue weighted by atomic mass is 79.9. The Morgan fingerprint density at radius 2 is 1.71 bits per heavy atom. The van der Waals surface area contributed by atoms with Crippen LogP contribution in [0.25, 0.3) is 10.9 Å². The van der Waals surface area contributed by atoms with Crippen molar-refractivity contribution >= 4 is 83.1 Å². The van der Waals surface area contributed by atoms with Gasteiger partial charge in [-0.15, -0.1) is 0 Å². The third-order valence-corrected chi connectivity index (χ3v) is 5.41. The summed E-state index contributed by atoms with van der Waals surface area (Å²) in [5, 5.41) is 11.9. The SMILES string of the molecule is O=C1C(c2[nH]c3c(Br)cc(Cl)cc3c2O)=Nc2c(Br)cc(Cl)cc21. The van der Waals surface area contributed by atoms with Crippen LogP contribution in [-0.4, -0.2) is 21.6 Å². The number of carbonyl (C=O) groups is 1. The summed E-state index contributed by atoms with van der Waals surface area (Å²) in [6, 6.07) is 6.55. The number of H-pyrrole nitrogens is 1. The molecular weight excluding hydrogens is 483 g/mol. The Kier molecular flexibility index (Phi) is 3.76. The Morgan fingerprint density at radius 3 is 2.46 bits per heavy atom. The molecular formula is C16H6Br2Cl2N2O2. The molecule has 0 unspecified atom stereocenters. The molecule has 0 spiro atoms. The van der Waals surface area contributed by atoms with E-state index in [9.17, 15) is 9.90 Å². The molecule has 2 aromatic carbocycles. The molecule has 0 fully saturated rings. The van der Waals surface area contributed by atoms with Crippen molar-refractivity contribution in [3.8, 4) is 5.75 Å². The van der Waals surface area contributed by atoms with Crippen molar-refractivity contribution in [2.75, 3.05) is 0 Å². The highest BCUT2D eigenvalue weighted by molar-refractivity contribution is 9.11. The summed E-state index contributed by atoms with van der Waals surface area (Å²) >= 11 is 18.8. The molecule has 24 heavy (non-hydrogen) atoms. The van der Waals surface area contributed by atoms with Gasteiger partial charge >= 0.3 is 0 Å². The zero-order valence-corrected chi connectivity index (χ0v) is 16.3. The number of hydrogen-bond acceptors (Lipinski definition) is 3. The van der Waals surface area contributed by atoms with Crippen LogP contribution in [0.2, 0.25) is 10.0 Å². The molecule has 0 saturated heterocycles. The van der Waals surface area contributed by atoms with Gasteiger partial charge in [0.05, 0.1) is 16.8 Å². The Bertz CT molecular complexity index is 1090. The van der Waals surface area contributed by atoms with E-state index in [1.165, 1.54) is 0 Å². The quantitative estimate of drug-likeness (QED) is 0.439. The predicted molar refractivity (Wildman–Crippen MR) is 102 cm³/mol. The van der Waals surface area contributed by atoms with Crippen LogP contribution in [0, 0.1) is 0 Å². The second-order valence-corrected chi connectivity index (χ2v) is 7.81. The Morgan fingerprint density at radius 1 is 1.04 bits per heavy atom. The molecule has 1 aliphatic heterocycles. The Balaban J connectivity index is 1.95. The van der Waals surface area contributed by atoms with Crippen LogP contribution >= 0.6 is 55.1 Å². The fourth-order valence-electron chi connectivity index (χ4n) is 2.69. The van der Waals surface area contributed by atoms with Crippen molar-refractivity contribution in [1.29, 1.82) is 0 Å². The van der Waals surface area contributed by atoms with E-state index in [1.54, 1.807) is 24.3 Å². The van der Waals surface area contributed by atoms with Crippen LogP contribution < -0.4 is 0 Å². The number of aromatic hydroxyl groups is 1. The minimum Gasteiger partial charge on any atom is -0.505 e. The number of nitrogens with one attached hydrogen (secondary N) is 1. The fourth-order valence-corrected chi connectivity index (χ4v) is 4.50. The molecule has 0 radical (unpaired) electrons. The highest BCUT2D eigenvalue weighted by Gasteiger charge is 2.31. The molecule has 0 amide bonds. The number of aliphatic imine (C=N–C) groups is 1. The van der Waals surface area contributed by atoms with Crippen molar-refractivity contribution < 1.29 is 9.90 Å². The normalized spacial score (nSPS) is 13.5. The third kappa shape index (κ3) is 2.32. The van der Waals surface area contributed by atoms with Gasteiger partial charge in [0, 0.05) is 24.4 Å². The molecule has 1 aromatic heterocycles. The summed E-state index contributed by atoms with van der Waals surface area (Å²) in [6.45, 7) is 0. The van der Waals surface area contributed by atoms with Gasteiger partial charge in [-0.3, -0.25) is 4.79 Å². The van der Waals surface area contributed by atoms with E-state index in [0.29, 0.717) is 41.1 Å². The molecule has 3 aromatic rings.